The Labute approximate surface area is 164 Å². The summed E-state index contributed by atoms with van der Waals surface area (Å²) in [6, 6.07) is 21.2. The summed E-state index contributed by atoms with van der Waals surface area (Å²) in [5.41, 5.74) is 2.59. The van der Waals surface area contributed by atoms with Crippen LogP contribution in [0.2, 0.25) is 0 Å². The average Bonchev–Trinajstić information content (AvgIpc) is 2.79. The molecule has 0 bridgehead atoms. The largest absolute Gasteiger partial charge is 0.497 e. The molecule has 0 N–H and O–H groups in total. The van der Waals surface area contributed by atoms with Gasteiger partial charge in [-0.2, -0.15) is 0 Å². The Hall–Kier alpha value is -3.41. The molecule has 3 aromatic rings. The van der Waals surface area contributed by atoms with Crippen molar-refractivity contribution in [1.29, 1.82) is 0 Å². The molecule has 6 heteroatoms. The van der Waals surface area contributed by atoms with E-state index in [2.05, 4.69) is 15.1 Å². The van der Waals surface area contributed by atoms with E-state index in [-0.39, 0.29) is 5.91 Å². The number of ether oxygens (including phenoxy) is 1. The molecule has 1 fully saturated rings. The van der Waals surface area contributed by atoms with Crippen LogP contribution in [0.1, 0.15) is 10.4 Å². The summed E-state index contributed by atoms with van der Waals surface area (Å²) < 4.78 is 5.15. The van der Waals surface area contributed by atoms with Gasteiger partial charge >= 0.3 is 0 Å². The Kier molecular flexibility index (Phi) is 5.19. The molecule has 2 heterocycles. The van der Waals surface area contributed by atoms with Crippen LogP contribution in [0, 0.1) is 0 Å². The number of nitrogens with zero attached hydrogens (tertiary/aromatic N) is 4. The molecule has 0 aliphatic carbocycles. The number of carbonyl (C=O) groups excluding carboxylic acids is 1. The Morgan fingerprint density at radius 2 is 1.57 bits per heavy atom. The summed E-state index contributed by atoms with van der Waals surface area (Å²) in [6.45, 7) is 2.79. The molecule has 0 radical (unpaired) electrons. The summed E-state index contributed by atoms with van der Waals surface area (Å²) in [7, 11) is 1.62. The van der Waals surface area contributed by atoms with Gasteiger partial charge in [0.05, 0.1) is 12.8 Å². The minimum atomic E-state index is 0.0489. The van der Waals surface area contributed by atoms with E-state index in [1.807, 2.05) is 59.5 Å². The number of hydrogen-bond donors (Lipinski definition) is 0. The van der Waals surface area contributed by atoms with Gasteiger partial charge in [-0.15, -0.1) is 10.2 Å². The van der Waals surface area contributed by atoms with Gasteiger partial charge in [-0.3, -0.25) is 4.79 Å². The topological polar surface area (TPSA) is 58.6 Å². The minimum Gasteiger partial charge on any atom is -0.497 e. The van der Waals surface area contributed by atoms with E-state index in [0.717, 1.165) is 35.9 Å². The Morgan fingerprint density at radius 3 is 2.18 bits per heavy atom. The number of aromatic nitrogens is 2. The van der Waals surface area contributed by atoms with Crippen molar-refractivity contribution < 1.29 is 9.53 Å². The molecule has 4 rings (SSSR count). The summed E-state index contributed by atoms with van der Waals surface area (Å²) in [6.07, 6.45) is 0. The summed E-state index contributed by atoms with van der Waals surface area (Å²) in [5, 5.41) is 8.74. The predicted octanol–water partition coefficient (Wildman–Crippen LogP) is 3.11. The lowest BCUT2D eigenvalue weighted by Gasteiger charge is -2.35. The maximum absolute atomic E-state index is 12.7. The molecule has 0 unspecified atom stereocenters. The molecule has 2 aromatic carbocycles. The van der Waals surface area contributed by atoms with E-state index in [1.54, 1.807) is 19.2 Å². The fourth-order valence-corrected chi connectivity index (χ4v) is 3.31. The molecule has 1 aliphatic heterocycles. The van der Waals surface area contributed by atoms with Gasteiger partial charge in [-0.05, 0) is 36.4 Å². The quantitative estimate of drug-likeness (QED) is 0.702. The van der Waals surface area contributed by atoms with Crippen LogP contribution in [0.3, 0.4) is 0 Å². The van der Waals surface area contributed by atoms with Crippen LogP contribution in [0.25, 0.3) is 11.3 Å². The predicted molar refractivity (Wildman–Crippen MR) is 109 cm³/mol. The van der Waals surface area contributed by atoms with Crippen molar-refractivity contribution in [2.75, 3.05) is 38.2 Å². The molecule has 28 heavy (non-hydrogen) atoms. The van der Waals surface area contributed by atoms with Gasteiger partial charge in [-0.25, -0.2) is 0 Å². The van der Waals surface area contributed by atoms with Crippen molar-refractivity contribution in [3.8, 4) is 17.0 Å². The molecule has 6 nitrogen and oxygen atoms in total. The molecular formula is C22H22N4O2. The van der Waals surface area contributed by atoms with Gasteiger partial charge in [0.1, 0.15) is 5.75 Å². The Morgan fingerprint density at radius 1 is 0.857 bits per heavy atom. The fraction of sp³-hybridized carbons (Fsp3) is 0.227. The van der Waals surface area contributed by atoms with Gasteiger partial charge in [0, 0.05) is 37.3 Å². The third-order valence-corrected chi connectivity index (χ3v) is 4.95. The van der Waals surface area contributed by atoms with Crippen LogP contribution in [-0.4, -0.2) is 54.3 Å². The number of methoxy groups -OCH3 is 1. The number of rotatable bonds is 4. The summed E-state index contributed by atoms with van der Waals surface area (Å²) in [5.74, 6) is 1.64. The lowest BCUT2D eigenvalue weighted by atomic mass is 10.1. The van der Waals surface area contributed by atoms with E-state index in [0.29, 0.717) is 18.7 Å². The fourth-order valence-electron chi connectivity index (χ4n) is 3.31. The van der Waals surface area contributed by atoms with Crippen LogP contribution >= 0.6 is 0 Å². The molecule has 0 spiro atoms. The number of hydrogen-bond acceptors (Lipinski definition) is 5. The number of anilines is 1. The first-order valence-corrected chi connectivity index (χ1v) is 9.32. The monoisotopic (exact) mass is 374 g/mol. The van der Waals surface area contributed by atoms with Crippen LogP contribution in [-0.2, 0) is 0 Å². The van der Waals surface area contributed by atoms with Crippen molar-refractivity contribution in [2.24, 2.45) is 0 Å². The van der Waals surface area contributed by atoms with E-state index in [4.69, 9.17) is 4.74 Å². The second-order valence-electron chi connectivity index (χ2n) is 6.65. The molecule has 1 saturated heterocycles. The molecule has 142 valence electrons. The van der Waals surface area contributed by atoms with Crippen LogP contribution in [0.15, 0.2) is 66.7 Å². The van der Waals surface area contributed by atoms with Crippen molar-refractivity contribution >= 4 is 11.7 Å². The molecule has 1 aromatic heterocycles. The lowest BCUT2D eigenvalue weighted by molar-refractivity contribution is 0.0746. The zero-order valence-corrected chi connectivity index (χ0v) is 15.8. The first-order chi connectivity index (χ1) is 13.7. The van der Waals surface area contributed by atoms with Gasteiger partial charge in [0.25, 0.3) is 5.91 Å². The van der Waals surface area contributed by atoms with Crippen molar-refractivity contribution in [2.45, 2.75) is 0 Å². The van der Waals surface area contributed by atoms with E-state index in [9.17, 15) is 4.79 Å². The number of benzene rings is 2. The SMILES string of the molecule is COc1ccc(C(=O)N2CCN(c3ccc(-c4ccccc4)nn3)CC2)cc1. The average molecular weight is 374 g/mol. The highest BCUT2D eigenvalue weighted by Crippen LogP contribution is 2.20. The first-order valence-electron chi connectivity index (χ1n) is 9.32. The van der Waals surface area contributed by atoms with E-state index < -0.39 is 0 Å². The van der Waals surface area contributed by atoms with Gasteiger partial charge in [0.2, 0.25) is 0 Å². The normalized spacial score (nSPS) is 14.0. The van der Waals surface area contributed by atoms with Crippen molar-refractivity contribution in [1.82, 2.24) is 15.1 Å². The highest BCUT2D eigenvalue weighted by atomic mass is 16.5. The van der Waals surface area contributed by atoms with Gasteiger partial charge in [0.15, 0.2) is 5.82 Å². The molecule has 1 amide bonds. The zero-order valence-electron chi connectivity index (χ0n) is 15.8. The van der Waals surface area contributed by atoms with Crippen LogP contribution in [0.5, 0.6) is 5.75 Å². The van der Waals surface area contributed by atoms with Crippen molar-refractivity contribution in [3.63, 3.8) is 0 Å². The number of carbonyl (C=O) groups is 1. The van der Waals surface area contributed by atoms with Gasteiger partial charge in [-0.1, -0.05) is 30.3 Å². The van der Waals surface area contributed by atoms with E-state index >= 15 is 0 Å². The second kappa shape index (κ2) is 8.08. The van der Waals surface area contributed by atoms with Crippen LogP contribution < -0.4 is 9.64 Å². The van der Waals surface area contributed by atoms with Crippen molar-refractivity contribution in [3.05, 3.63) is 72.3 Å². The first kappa shape index (κ1) is 18.0. The maximum Gasteiger partial charge on any atom is 0.253 e. The minimum absolute atomic E-state index is 0.0489. The summed E-state index contributed by atoms with van der Waals surface area (Å²) in [4.78, 5) is 16.7. The Bertz CT molecular complexity index is 919. The molecule has 1 aliphatic rings. The van der Waals surface area contributed by atoms with Crippen LogP contribution in [0.4, 0.5) is 5.82 Å². The maximum atomic E-state index is 12.7. The Balaban J connectivity index is 1.37. The highest BCUT2D eigenvalue weighted by molar-refractivity contribution is 5.94. The smallest absolute Gasteiger partial charge is 0.253 e. The lowest BCUT2D eigenvalue weighted by Crippen LogP contribution is -2.49. The third-order valence-electron chi connectivity index (χ3n) is 4.95. The standard InChI is InChI=1S/C22H22N4O2/c1-28-19-9-7-18(8-10-19)22(27)26-15-13-25(14-16-26)21-12-11-20(23-24-21)17-5-3-2-4-6-17/h2-12H,13-16H2,1H3. The molecule has 0 atom stereocenters. The van der Waals surface area contributed by atoms with E-state index in [1.165, 1.54) is 0 Å². The second-order valence-corrected chi connectivity index (χ2v) is 6.65. The molecular weight excluding hydrogens is 352 g/mol. The van der Waals surface area contributed by atoms with Gasteiger partial charge < -0.3 is 14.5 Å². The molecule has 0 saturated carbocycles. The number of piperazine rings is 1. The summed E-state index contributed by atoms with van der Waals surface area (Å²) >= 11 is 0. The third kappa shape index (κ3) is 3.81. The zero-order chi connectivity index (χ0) is 19.3. The highest BCUT2D eigenvalue weighted by Gasteiger charge is 2.23. The number of amides is 1.